The molecule has 0 bridgehead atoms. The summed E-state index contributed by atoms with van der Waals surface area (Å²) in [7, 11) is 0. The third kappa shape index (κ3) is 5.36. The molecule has 1 aromatic carbocycles. The van der Waals surface area contributed by atoms with E-state index in [0.717, 1.165) is 37.2 Å². The molecule has 1 N–H and O–H groups in total. The van der Waals surface area contributed by atoms with Gasteiger partial charge in [-0.1, -0.05) is 0 Å². The highest BCUT2D eigenvalue weighted by molar-refractivity contribution is 9.10. The predicted molar refractivity (Wildman–Crippen MR) is 122 cm³/mol. The molecule has 166 valence electrons. The number of carbonyl (C=O) groups is 2. The lowest BCUT2D eigenvalue weighted by Crippen LogP contribution is -2.46. The second-order valence-corrected chi connectivity index (χ2v) is 9.60. The molecule has 0 saturated carbocycles. The number of nitrogens with zero attached hydrogens (tertiary/aromatic N) is 3. The number of halogens is 2. The molecule has 0 radical (unpaired) electrons. The van der Waals surface area contributed by atoms with Gasteiger partial charge in [0, 0.05) is 54.4 Å². The van der Waals surface area contributed by atoms with Crippen LogP contribution in [0.5, 0.6) is 0 Å². The van der Waals surface area contributed by atoms with Crippen molar-refractivity contribution in [3.63, 3.8) is 0 Å². The monoisotopic (exact) mass is 510 g/mol. The predicted octanol–water partition coefficient (Wildman–Crippen LogP) is 3.43. The van der Waals surface area contributed by atoms with Gasteiger partial charge in [0.2, 0.25) is 5.91 Å². The van der Waals surface area contributed by atoms with E-state index in [4.69, 9.17) is 4.74 Å². The van der Waals surface area contributed by atoms with Gasteiger partial charge in [0.25, 0.3) is 0 Å². The van der Waals surface area contributed by atoms with Crippen LogP contribution < -0.4 is 15.1 Å². The highest BCUT2D eigenvalue weighted by Crippen LogP contribution is 2.29. The van der Waals surface area contributed by atoms with Crippen molar-refractivity contribution in [2.45, 2.75) is 19.6 Å². The molecule has 10 heteroatoms. The number of piperazine rings is 1. The van der Waals surface area contributed by atoms with Gasteiger partial charge in [0.1, 0.15) is 11.9 Å². The van der Waals surface area contributed by atoms with Crippen molar-refractivity contribution in [1.82, 2.24) is 10.2 Å². The fraction of sp³-hybridized carbons (Fsp3) is 0.429. The molecule has 2 fully saturated rings. The topological polar surface area (TPSA) is 65.1 Å². The minimum Gasteiger partial charge on any atom is -0.442 e. The summed E-state index contributed by atoms with van der Waals surface area (Å²) in [6, 6.07) is 6.99. The molecule has 2 saturated heterocycles. The van der Waals surface area contributed by atoms with E-state index in [0.29, 0.717) is 11.4 Å². The maximum Gasteiger partial charge on any atom is 0.414 e. The molecule has 31 heavy (non-hydrogen) atoms. The molecule has 1 atom stereocenters. The van der Waals surface area contributed by atoms with E-state index in [1.54, 1.807) is 23.5 Å². The lowest BCUT2D eigenvalue weighted by Gasteiger charge is -2.36. The van der Waals surface area contributed by atoms with Crippen LogP contribution in [0.2, 0.25) is 0 Å². The minimum atomic E-state index is -0.531. The minimum absolute atomic E-state index is 0.187. The van der Waals surface area contributed by atoms with Gasteiger partial charge in [-0.3, -0.25) is 14.6 Å². The lowest BCUT2D eigenvalue weighted by molar-refractivity contribution is -0.119. The summed E-state index contributed by atoms with van der Waals surface area (Å²) in [5, 5.41) is 4.72. The number of amides is 2. The first-order chi connectivity index (χ1) is 14.9. The molecule has 2 aliphatic heterocycles. The third-order valence-electron chi connectivity index (χ3n) is 5.41. The smallest absolute Gasteiger partial charge is 0.414 e. The van der Waals surface area contributed by atoms with Gasteiger partial charge < -0.3 is 15.0 Å². The maximum atomic E-state index is 14.9. The van der Waals surface area contributed by atoms with E-state index in [9.17, 15) is 14.0 Å². The summed E-state index contributed by atoms with van der Waals surface area (Å²) >= 11 is 5.22. The zero-order valence-corrected chi connectivity index (χ0v) is 19.5. The first-order valence-electron chi connectivity index (χ1n) is 10.1. The molecule has 0 aliphatic carbocycles. The Labute approximate surface area is 192 Å². The van der Waals surface area contributed by atoms with Crippen molar-refractivity contribution in [3.05, 3.63) is 44.8 Å². The van der Waals surface area contributed by atoms with Crippen molar-refractivity contribution in [2.75, 3.05) is 49.1 Å². The van der Waals surface area contributed by atoms with Gasteiger partial charge in [0.05, 0.1) is 24.5 Å². The second kappa shape index (κ2) is 9.54. The van der Waals surface area contributed by atoms with Crippen LogP contribution in [0.3, 0.4) is 0 Å². The average Bonchev–Trinajstić information content (AvgIpc) is 3.32. The van der Waals surface area contributed by atoms with E-state index in [1.165, 1.54) is 22.8 Å². The van der Waals surface area contributed by atoms with E-state index in [2.05, 4.69) is 37.6 Å². The van der Waals surface area contributed by atoms with Crippen LogP contribution in [0.25, 0.3) is 0 Å². The number of benzene rings is 1. The van der Waals surface area contributed by atoms with Crippen LogP contribution >= 0.6 is 27.3 Å². The number of cyclic esters (lactones) is 1. The quantitative estimate of drug-likeness (QED) is 0.644. The summed E-state index contributed by atoms with van der Waals surface area (Å²) in [5.41, 5.74) is 1.00. The molecule has 1 aromatic heterocycles. The molecule has 2 aromatic rings. The third-order valence-corrected chi connectivity index (χ3v) is 7.09. The Balaban J connectivity index is 1.35. The largest absolute Gasteiger partial charge is 0.442 e. The molecule has 0 spiro atoms. The number of rotatable bonds is 6. The zero-order chi connectivity index (χ0) is 22.0. The van der Waals surface area contributed by atoms with Crippen molar-refractivity contribution in [2.24, 2.45) is 0 Å². The SMILES string of the molecule is CC(=O)NCC1CN(c2ccc(N3CCN(Cc4cc(Br)cs4)CC3)c(F)c2)C(=O)O1. The van der Waals surface area contributed by atoms with Crippen molar-refractivity contribution < 1.29 is 18.7 Å². The number of ether oxygens (including phenoxy) is 1. The van der Waals surface area contributed by atoms with Crippen LogP contribution in [-0.2, 0) is 16.1 Å². The molecular formula is C21H24BrFN4O3S. The summed E-state index contributed by atoms with van der Waals surface area (Å²) in [4.78, 5) is 30.3. The van der Waals surface area contributed by atoms with Crippen molar-refractivity contribution in [1.29, 1.82) is 0 Å². The second-order valence-electron chi connectivity index (χ2n) is 7.68. The summed E-state index contributed by atoms with van der Waals surface area (Å²) in [6.45, 7) is 6.03. The van der Waals surface area contributed by atoms with Crippen LogP contribution in [0.4, 0.5) is 20.6 Å². The Morgan fingerprint density at radius 2 is 2.06 bits per heavy atom. The van der Waals surface area contributed by atoms with Crippen LogP contribution in [0, 0.1) is 5.82 Å². The Kier molecular flexibility index (Phi) is 6.78. The van der Waals surface area contributed by atoms with Gasteiger partial charge in [-0.15, -0.1) is 11.3 Å². The first kappa shape index (κ1) is 22.0. The zero-order valence-electron chi connectivity index (χ0n) is 17.1. The standard InChI is InChI=1S/C21H24BrFN4O3S/c1-14(28)24-10-17-11-27(21(29)30-17)16-2-3-20(19(23)9-16)26-6-4-25(5-7-26)12-18-8-15(22)13-31-18/h2-3,8-9,13,17H,4-7,10-12H2,1H3,(H,24,28). The molecule has 1 unspecified atom stereocenters. The van der Waals surface area contributed by atoms with Crippen molar-refractivity contribution >= 4 is 50.6 Å². The highest BCUT2D eigenvalue weighted by Gasteiger charge is 2.33. The Morgan fingerprint density at radius 3 is 2.71 bits per heavy atom. The summed E-state index contributed by atoms with van der Waals surface area (Å²) in [6.07, 6.45) is -0.979. The Bertz CT molecular complexity index is 964. The molecule has 7 nitrogen and oxygen atoms in total. The first-order valence-corrected chi connectivity index (χ1v) is 11.8. The highest BCUT2D eigenvalue weighted by atomic mass is 79.9. The normalized spacial score (nSPS) is 19.6. The molecule has 4 rings (SSSR count). The fourth-order valence-electron chi connectivity index (χ4n) is 3.82. The van der Waals surface area contributed by atoms with Crippen LogP contribution in [0.15, 0.2) is 34.1 Å². The van der Waals surface area contributed by atoms with Gasteiger partial charge in [-0.2, -0.15) is 0 Å². The average molecular weight is 511 g/mol. The summed E-state index contributed by atoms with van der Waals surface area (Å²) in [5.74, 6) is -0.542. The number of carbonyl (C=O) groups excluding carboxylic acids is 2. The molecule has 2 amide bonds. The molecule has 2 aliphatic rings. The van der Waals surface area contributed by atoms with Crippen molar-refractivity contribution in [3.8, 4) is 0 Å². The number of anilines is 2. The number of hydrogen-bond acceptors (Lipinski definition) is 6. The van der Waals surface area contributed by atoms with Gasteiger partial charge in [-0.25, -0.2) is 9.18 Å². The maximum absolute atomic E-state index is 14.9. The van der Waals surface area contributed by atoms with E-state index in [1.807, 2.05) is 4.90 Å². The van der Waals surface area contributed by atoms with E-state index >= 15 is 0 Å². The Morgan fingerprint density at radius 1 is 1.29 bits per heavy atom. The Hall–Kier alpha value is -2.17. The van der Waals surface area contributed by atoms with E-state index < -0.39 is 12.2 Å². The lowest BCUT2D eigenvalue weighted by atomic mass is 10.2. The van der Waals surface area contributed by atoms with Gasteiger partial charge in [-0.05, 0) is 40.2 Å². The van der Waals surface area contributed by atoms with Crippen LogP contribution in [0.1, 0.15) is 11.8 Å². The van der Waals surface area contributed by atoms with Crippen LogP contribution in [-0.4, -0.2) is 62.3 Å². The molecule has 3 heterocycles. The van der Waals surface area contributed by atoms with Gasteiger partial charge >= 0.3 is 6.09 Å². The molecular weight excluding hydrogens is 487 g/mol. The summed E-state index contributed by atoms with van der Waals surface area (Å²) < 4.78 is 21.3. The number of nitrogens with one attached hydrogen (secondary N) is 1. The number of hydrogen-bond donors (Lipinski definition) is 1. The van der Waals surface area contributed by atoms with Gasteiger partial charge in [0.15, 0.2) is 0 Å². The van der Waals surface area contributed by atoms with E-state index in [-0.39, 0.29) is 24.8 Å². The fourth-order valence-corrected chi connectivity index (χ4v) is 5.31. The number of thiophene rings is 1.